The lowest BCUT2D eigenvalue weighted by Gasteiger charge is -2.13. The minimum absolute atomic E-state index is 0.346. The van der Waals surface area contributed by atoms with Gasteiger partial charge in [0.25, 0.3) is 0 Å². The maximum Gasteiger partial charge on any atom is 0.175 e. The van der Waals surface area contributed by atoms with Crippen molar-refractivity contribution in [3.63, 3.8) is 0 Å². The summed E-state index contributed by atoms with van der Waals surface area (Å²) in [5, 5.41) is 3.21. The molecule has 2 rings (SSSR count). The maximum atomic E-state index is 11.6. The van der Waals surface area contributed by atoms with E-state index in [1.165, 1.54) is 19.1 Å². The van der Waals surface area contributed by atoms with Crippen molar-refractivity contribution in [2.45, 2.75) is 31.2 Å². The van der Waals surface area contributed by atoms with Crippen molar-refractivity contribution in [3.05, 3.63) is 23.8 Å². The molecule has 1 saturated carbocycles. The summed E-state index contributed by atoms with van der Waals surface area (Å²) in [5.41, 5.74) is 0.908. The summed E-state index contributed by atoms with van der Waals surface area (Å²) in [6.07, 6.45) is 3.71. The number of hydrogen-bond donors (Lipinski definition) is 1. The van der Waals surface area contributed by atoms with E-state index in [0.717, 1.165) is 24.5 Å². The molecule has 1 fully saturated rings. The van der Waals surface area contributed by atoms with Crippen LogP contribution >= 0.6 is 0 Å². The Morgan fingerprint density at radius 3 is 2.68 bits per heavy atom. The predicted molar refractivity (Wildman–Crippen MR) is 75.2 cm³/mol. The van der Waals surface area contributed by atoms with Gasteiger partial charge >= 0.3 is 0 Å². The molecule has 1 aliphatic rings. The Bertz CT molecular complexity index is 536. The Morgan fingerprint density at radius 1 is 1.37 bits per heavy atom. The van der Waals surface area contributed by atoms with Gasteiger partial charge in [-0.1, -0.05) is 6.92 Å². The van der Waals surface area contributed by atoms with E-state index in [1.807, 2.05) is 6.92 Å². The molecule has 1 N–H and O–H groups in total. The Morgan fingerprint density at radius 2 is 2.11 bits per heavy atom. The molecule has 106 valence electrons. The minimum Gasteiger partial charge on any atom is -0.493 e. The summed E-state index contributed by atoms with van der Waals surface area (Å²) in [5.74, 6) is 1.47. The molecule has 0 unspecified atom stereocenters. The Balaban J connectivity index is 2.19. The van der Waals surface area contributed by atoms with Gasteiger partial charge in [-0.25, -0.2) is 8.42 Å². The second kappa shape index (κ2) is 5.92. The van der Waals surface area contributed by atoms with Gasteiger partial charge in [0.15, 0.2) is 9.84 Å². The van der Waals surface area contributed by atoms with Gasteiger partial charge in [-0.2, -0.15) is 0 Å². The molecule has 1 aromatic rings. The third-order valence-corrected chi connectivity index (χ3v) is 4.31. The summed E-state index contributed by atoms with van der Waals surface area (Å²) in [4.78, 5) is 0.346. The fraction of sp³-hybridized carbons (Fsp3) is 0.571. The van der Waals surface area contributed by atoms with Crippen LogP contribution in [0.5, 0.6) is 5.75 Å². The Kier molecular flexibility index (Phi) is 4.47. The van der Waals surface area contributed by atoms with E-state index in [1.54, 1.807) is 18.2 Å². The van der Waals surface area contributed by atoms with E-state index in [9.17, 15) is 8.42 Å². The highest BCUT2D eigenvalue weighted by Crippen LogP contribution is 2.31. The molecule has 1 aliphatic carbocycles. The van der Waals surface area contributed by atoms with Crippen molar-refractivity contribution in [3.8, 4) is 5.75 Å². The number of rotatable bonds is 7. The molecule has 0 aromatic heterocycles. The average molecular weight is 283 g/mol. The third-order valence-electron chi connectivity index (χ3n) is 3.20. The van der Waals surface area contributed by atoms with Crippen LogP contribution in [0.3, 0.4) is 0 Å². The van der Waals surface area contributed by atoms with Gasteiger partial charge < -0.3 is 10.1 Å². The standard InChI is InChI=1S/C14H21NO3S/c1-3-15-9-12-8-13(19(2,16)17)6-7-14(12)18-10-11-4-5-11/h6-8,11,15H,3-5,9-10H2,1-2H3. The fourth-order valence-corrected chi connectivity index (χ4v) is 2.49. The lowest BCUT2D eigenvalue weighted by atomic mass is 10.2. The molecule has 0 bridgehead atoms. The zero-order valence-corrected chi connectivity index (χ0v) is 12.3. The first-order valence-corrected chi connectivity index (χ1v) is 8.56. The van der Waals surface area contributed by atoms with E-state index >= 15 is 0 Å². The first-order chi connectivity index (χ1) is 9.00. The second-order valence-corrected chi connectivity index (χ2v) is 7.09. The van der Waals surface area contributed by atoms with Crippen LogP contribution in [0.1, 0.15) is 25.3 Å². The van der Waals surface area contributed by atoms with Gasteiger partial charge in [0.2, 0.25) is 0 Å². The molecular weight excluding hydrogens is 262 g/mol. The highest BCUT2D eigenvalue weighted by atomic mass is 32.2. The number of ether oxygens (including phenoxy) is 1. The van der Waals surface area contributed by atoms with Gasteiger partial charge in [0.05, 0.1) is 11.5 Å². The Labute approximate surface area is 115 Å². The minimum atomic E-state index is -3.17. The van der Waals surface area contributed by atoms with Gasteiger partial charge in [-0.3, -0.25) is 0 Å². The van der Waals surface area contributed by atoms with Crippen LogP contribution in [0.25, 0.3) is 0 Å². The number of hydrogen-bond acceptors (Lipinski definition) is 4. The van der Waals surface area contributed by atoms with E-state index in [0.29, 0.717) is 17.4 Å². The highest BCUT2D eigenvalue weighted by Gasteiger charge is 2.22. The smallest absolute Gasteiger partial charge is 0.175 e. The van der Waals surface area contributed by atoms with Gasteiger partial charge in [0.1, 0.15) is 5.75 Å². The van der Waals surface area contributed by atoms with Gasteiger partial charge in [-0.15, -0.1) is 0 Å². The first-order valence-electron chi connectivity index (χ1n) is 6.67. The second-order valence-electron chi connectivity index (χ2n) is 5.08. The zero-order valence-electron chi connectivity index (χ0n) is 11.5. The van der Waals surface area contributed by atoms with Crippen LogP contribution in [0, 0.1) is 5.92 Å². The quantitative estimate of drug-likeness (QED) is 0.831. The molecule has 0 saturated heterocycles. The lowest BCUT2D eigenvalue weighted by Crippen LogP contribution is -2.14. The van der Waals surface area contributed by atoms with Crippen LogP contribution < -0.4 is 10.1 Å². The Hall–Kier alpha value is -1.07. The normalized spacial score (nSPS) is 15.5. The molecular formula is C14H21NO3S. The zero-order chi connectivity index (χ0) is 13.9. The van der Waals surface area contributed by atoms with Crippen molar-refractivity contribution in [2.24, 2.45) is 5.92 Å². The van der Waals surface area contributed by atoms with Gasteiger partial charge in [-0.05, 0) is 43.5 Å². The molecule has 5 heteroatoms. The molecule has 0 aliphatic heterocycles. The average Bonchev–Trinajstić information content (AvgIpc) is 3.17. The lowest BCUT2D eigenvalue weighted by molar-refractivity contribution is 0.296. The summed E-state index contributed by atoms with van der Waals surface area (Å²) in [6.45, 7) is 4.22. The number of sulfone groups is 1. The van der Waals surface area contributed by atoms with Gasteiger partial charge in [0, 0.05) is 18.4 Å². The van der Waals surface area contributed by atoms with E-state index in [4.69, 9.17) is 4.74 Å². The largest absolute Gasteiger partial charge is 0.493 e. The van der Waals surface area contributed by atoms with Crippen molar-refractivity contribution in [1.82, 2.24) is 5.32 Å². The topological polar surface area (TPSA) is 55.4 Å². The summed E-state index contributed by atoms with van der Waals surface area (Å²) in [7, 11) is -3.17. The SMILES string of the molecule is CCNCc1cc(S(C)(=O)=O)ccc1OCC1CC1. The molecule has 0 heterocycles. The first kappa shape index (κ1) is 14.3. The van der Waals surface area contributed by atoms with Crippen molar-refractivity contribution < 1.29 is 13.2 Å². The number of nitrogens with one attached hydrogen (secondary N) is 1. The van der Waals surface area contributed by atoms with E-state index < -0.39 is 9.84 Å². The maximum absolute atomic E-state index is 11.6. The third kappa shape index (κ3) is 4.21. The van der Waals surface area contributed by atoms with Crippen molar-refractivity contribution in [1.29, 1.82) is 0 Å². The molecule has 0 amide bonds. The predicted octanol–water partition coefficient (Wildman–Crippen LogP) is 1.99. The van der Waals surface area contributed by atoms with Crippen molar-refractivity contribution in [2.75, 3.05) is 19.4 Å². The molecule has 4 nitrogen and oxygen atoms in total. The van der Waals surface area contributed by atoms with E-state index in [2.05, 4.69) is 5.32 Å². The molecule has 0 radical (unpaired) electrons. The summed E-state index contributed by atoms with van der Waals surface area (Å²) in [6, 6.07) is 5.10. The molecule has 0 spiro atoms. The number of benzene rings is 1. The summed E-state index contributed by atoms with van der Waals surface area (Å²) < 4.78 is 29.0. The van der Waals surface area contributed by atoms with E-state index in [-0.39, 0.29) is 0 Å². The molecule has 19 heavy (non-hydrogen) atoms. The fourth-order valence-electron chi connectivity index (χ4n) is 1.82. The van der Waals surface area contributed by atoms with Crippen LogP contribution in [0.15, 0.2) is 23.1 Å². The van der Waals surface area contributed by atoms with Crippen LogP contribution in [0.2, 0.25) is 0 Å². The molecule has 0 atom stereocenters. The molecule has 1 aromatic carbocycles. The monoisotopic (exact) mass is 283 g/mol. The van der Waals surface area contributed by atoms with Crippen LogP contribution in [-0.2, 0) is 16.4 Å². The van der Waals surface area contributed by atoms with Crippen LogP contribution in [-0.4, -0.2) is 27.8 Å². The highest BCUT2D eigenvalue weighted by molar-refractivity contribution is 7.90. The van der Waals surface area contributed by atoms with Crippen molar-refractivity contribution >= 4 is 9.84 Å². The summed E-state index contributed by atoms with van der Waals surface area (Å²) >= 11 is 0. The van der Waals surface area contributed by atoms with Crippen LogP contribution in [0.4, 0.5) is 0 Å².